The minimum absolute atomic E-state index is 0.0146. The van der Waals surface area contributed by atoms with Gasteiger partial charge in [-0.15, -0.1) is 0 Å². The van der Waals surface area contributed by atoms with Gasteiger partial charge in [-0.2, -0.15) is 0 Å². The molecule has 3 rings (SSSR count). The Bertz CT molecular complexity index is 577. The summed E-state index contributed by atoms with van der Waals surface area (Å²) in [6, 6.07) is 16.1. The van der Waals surface area contributed by atoms with Gasteiger partial charge in [-0.1, -0.05) is 30.3 Å². The summed E-state index contributed by atoms with van der Waals surface area (Å²) in [5, 5.41) is 0. The van der Waals surface area contributed by atoms with Crippen LogP contribution in [0.3, 0.4) is 0 Å². The maximum absolute atomic E-state index is 6.10. The van der Waals surface area contributed by atoms with Crippen molar-refractivity contribution in [2.24, 2.45) is 0 Å². The molecule has 1 aliphatic rings. The van der Waals surface area contributed by atoms with Crippen LogP contribution in [0.2, 0.25) is 0 Å². The summed E-state index contributed by atoms with van der Waals surface area (Å²) in [5.74, 6) is 1.76. The summed E-state index contributed by atoms with van der Waals surface area (Å²) in [7, 11) is 3.42. The number of rotatable bonds is 3. The average Bonchev–Trinajstić information content (AvgIpc) is 2.54. The molecule has 0 aromatic heterocycles. The fraction of sp³-hybridized carbons (Fsp3) is 0.294. The molecule has 104 valence electrons. The van der Waals surface area contributed by atoms with Crippen LogP contribution < -0.4 is 9.47 Å². The highest BCUT2D eigenvalue weighted by Gasteiger charge is 2.28. The predicted molar refractivity (Wildman–Crippen MR) is 77.2 cm³/mol. The standard InChI is InChI=1S/C17H18O3/c1-18-13-9-7-12(8-10-13)16-11-17(19-2)14-5-3-4-6-15(14)20-16/h3-10,16-17H,11H2,1-2H3. The molecule has 0 bridgehead atoms. The van der Waals surface area contributed by atoms with Gasteiger partial charge in [0.15, 0.2) is 0 Å². The summed E-state index contributed by atoms with van der Waals surface area (Å²) < 4.78 is 16.9. The molecule has 20 heavy (non-hydrogen) atoms. The molecule has 3 nitrogen and oxygen atoms in total. The van der Waals surface area contributed by atoms with Crippen molar-refractivity contribution >= 4 is 0 Å². The fourth-order valence-electron chi connectivity index (χ4n) is 2.62. The minimum atomic E-state index is 0.0146. The van der Waals surface area contributed by atoms with E-state index in [0.717, 1.165) is 29.0 Å². The molecule has 2 aromatic carbocycles. The van der Waals surface area contributed by atoms with Crippen molar-refractivity contribution < 1.29 is 14.2 Å². The van der Waals surface area contributed by atoms with Crippen LogP contribution in [0, 0.1) is 0 Å². The van der Waals surface area contributed by atoms with E-state index in [4.69, 9.17) is 14.2 Å². The van der Waals surface area contributed by atoms with Crippen molar-refractivity contribution in [2.45, 2.75) is 18.6 Å². The quantitative estimate of drug-likeness (QED) is 0.846. The molecule has 0 aliphatic carbocycles. The van der Waals surface area contributed by atoms with Gasteiger partial charge < -0.3 is 14.2 Å². The molecular formula is C17H18O3. The Hall–Kier alpha value is -2.00. The van der Waals surface area contributed by atoms with Crippen molar-refractivity contribution in [2.75, 3.05) is 14.2 Å². The second-order valence-corrected chi connectivity index (χ2v) is 4.88. The molecule has 0 N–H and O–H groups in total. The largest absolute Gasteiger partial charge is 0.497 e. The highest BCUT2D eigenvalue weighted by atomic mass is 16.5. The van der Waals surface area contributed by atoms with Gasteiger partial charge in [-0.3, -0.25) is 0 Å². The lowest BCUT2D eigenvalue weighted by Gasteiger charge is -2.31. The molecule has 0 spiro atoms. The number of methoxy groups -OCH3 is 2. The number of ether oxygens (including phenoxy) is 3. The first-order valence-electron chi connectivity index (χ1n) is 6.74. The number of fused-ring (bicyclic) bond motifs is 1. The van der Waals surface area contributed by atoms with Gasteiger partial charge in [-0.05, 0) is 23.8 Å². The van der Waals surface area contributed by atoms with Crippen LogP contribution in [-0.2, 0) is 4.74 Å². The van der Waals surface area contributed by atoms with E-state index in [0.29, 0.717) is 0 Å². The van der Waals surface area contributed by atoms with Crippen LogP contribution in [-0.4, -0.2) is 14.2 Å². The van der Waals surface area contributed by atoms with Gasteiger partial charge in [-0.25, -0.2) is 0 Å². The third-order valence-electron chi connectivity index (χ3n) is 3.74. The molecule has 0 radical (unpaired) electrons. The average molecular weight is 270 g/mol. The number of hydrogen-bond donors (Lipinski definition) is 0. The van der Waals surface area contributed by atoms with E-state index in [-0.39, 0.29) is 12.2 Å². The van der Waals surface area contributed by atoms with Gasteiger partial charge in [0.2, 0.25) is 0 Å². The molecule has 0 fully saturated rings. The lowest BCUT2D eigenvalue weighted by atomic mass is 9.95. The van der Waals surface area contributed by atoms with E-state index in [1.165, 1.54) is 0 Å². The zero-order valence-corrected chi connectivity index (χ0v) is 11.7. The highest BCUT2D eigenvalue weighted by Crippen LogP contribution is 2.42. The lowest BCUT2D eigenvalue weighted by Crippen LogP contribution is -2.20. The third kappa shape index (κ3) is 2.37. The first-order valence-corrected chi connectivity index (χ1v) is 6.74. The van der Waals surface area contributed by atoms with Crippen molar-refractivity contribution in [3.63, 3.8) is 0 Å². The maximum atomic E-state index is 6.10. The van der Waals surface area contributed by atoms with E-state index >= 15 is 0 Å². The summed E-state index contributed by atoms with van der Waals surface area (Å²) in [5.41, 5.74) is 2.27. The van der Waals surface area contributed by atoms with Crippen LogP contribution in [0.5, 0.6) is 11.5 Å². The highest BCUT2D eigenvalue weighted by molar-refractivity contribution is 5.39. The second-order valence-electron chi connectivity index (χ2n) is 4.88. The van der Waals surface area contributed by atoms with Gasteiger partial charge in [0, 0.05) is 19.1 Å². The van der Waals surface area contributed by atoms with Crippen molar-refractivity contribution in [1.29, 1.82) is 0 Å². The van der Waals surface area contributed by atoms with Gasteiger partial charge >= 0.3 is 0 Å². The van der Waals surface area contributed by atoms with Crippen molar-refractivity contribution in [3.8, 4) is 11.5 Å². The smallest absolute Gasteiger partial charge is 0.127 e. The summed E-state index contributed by atoms with van der Waals surface area (Å²) in [6.07, 6.45) is 0.910. The van der Waals surface area contributed by atoms with E-state index in [2.05, 4.69) is 6.07 Å². The second kappa shape index (κ2) is 5.55. The van der Waals surface area contributed by atoms with Gasteiger partial charge in [0.05, 0.1) is 13.2 Å². The molecule has 2 aromatic rings. The van der Waals surface area contributed by atoms with Gasteiger partial charge in [0.25, 0.3) is 0 Å². The Morgan fingerprint density at radius 1 is 1.00 bits per heavy atom. The zero-order valence-electron chi connectivity index (χ0n) is 11.7. The molecule has 2 unspecified atom stereocenters. The molecule has 3 heteroatoms. The predicted octanol–water partition coefficient (Wildman–Crippen LogP) is 3.91. The van der Waals surface area contributed by atoms with E-state index in [9.17, 15) is 0 Å². The van der Waals surface area contributed by atoms with Crippen LogP contribution in [0.4, 0.5) is 0 Å². The van der Waals surface area contributed by atoms with Crippen LogP contribution >= 0.6 is 0 Å². The van der Waals surface area contributed by atoms with E-state index in [1.54, 1.807) is 14.2 Å². The lowest BCUT2D eigenvalue weighted by molar-refractivity contribution is 0.0301. The Kier molecular flexibility index (Phi) is 3.61. The van der Waals surface area contributed by atoms with Crippen LogP contribution in [0.1, 0.15) is 29.8 Å². The number of para-hydroxylation sites is 1. The topological polar surface area (TPSA) is 27.7 Å². The Morgan fingerprint density at radius 3 is 2.45 bits per heavy atom. The fourth-order valence-corrected chi connectivity index (χ4v) is 2.62. The monoisotopic (exact) mass is 270 g/mol. The van der Waals surface area contributed by atoms with Crippen LogP contribution in [0.25, 0.3) is 0 Å². The van der Waals surface area contributed by atoms with Crippen LogP contribution in [0.15, 0.2) is 48.5 Å². The minimum Gasteiger partial charge on any atom is -0.497 e. The molecule has 0 saturated carbocycles. The van der Waals surface area contributed by atoms with Crippen molar-refractivity contribution in [1.82, 2.24) is 0 Å². The number of benzene rings is 2. The first kappa shape index (κ1) is 13.0. The summed E-state index contributed by atoms with van der Waals surface area (Å²) >= 11 is 0. The third-order valence-corrected chi connectivity index (χ3v) is 3.74. The zero-order chi connectivity index (χ0) is 13.9. The molecular weight excluding hydrogens is 252 g/mol. The Balaban J connectivity index is 1.89. The molecule has 0 amide bonds. The van der Waals surface area contributed by atoms with E-state index in [1.807, 2.05) is 42.5 Å². The summed E-state index contributed by atoms with van der Waals surface area (Å²) in [4.78, 5) is 0. The first-order chi connectivity index (χ1) is 9.81. The Morgan fingerprint density at radius 2 is 1.75 bits per heavy atom. The van der Waals surface area contributed by atoms with Crippen molar-refractivity contribution in [3.05, 3.63) is 59.7 Å². The SMILES string of the molecule is COc1ccc(C2CC(OC)c3ccccc3O2)cc1. The molecule has 2 atom stereocenters. The molecule has 1 aliphatic heterocycles. The molecule has 0 saturated heterocycles. The normalized spacial score (nSPS) is 20.9. The molecule has 1 heterocycles. The number of hydrogen-bond acceptors (Lipinski definition) is 3. The maximum Gasteiger partial charge on any atom is 0.127 e. The Labute approximate surface area is 119 Å². The van der Waals surface area contributed by atoms with Gasteiger partial charge in [0.1, 0.15) is 17.6 Å². The van der Waals surface area contributed by atoms with E-state index < -0.39 is 0 Å². The summed E-state index contributed by atoms with van der Waals surface area (Å²) in [6.45, 7) is 0.